The van der Waals surface area contributed by atoms with Crippen LogP contribution >= 0.6 is 11.6 Å². The third-order valence-corrected chi connectivity index (χ3v) is 3.00. The summed E-state index contributed by atoms with van der Waals surface area (Å²) >= 11 is 6.23. The van der Waals surface area contributed by atoms with E-state index in [1.165, 1.54) is 0 Å². The summed E-state index contributed by atoms with van der Waals surface area (Å²) in [6, 6.07) is 5.77. The minimum absolute atomic E-state index is 0.0489. The zero-order valence-corrected chi connectivity index (χ0v) is 12.1. The lowest BCUT2D eigenvalue weighted by Crippen LogP contribution is -2.35. The lowest BCUT2D eigenvalue weighted by atomic mass is 10.1. The number of nitrogens with zero attached hydrogens (tertiary/aromatic N) is 2. The quantitative estimate of drug-likeness (QED) is 0.882. The van der Waals surface area contributed by atoms with Crippen LogP contribution in [0, 0.1) is 0 Å². The Morgan fingerprint density at radius 2 is 2.00 bits per heavy atom. The minimum atomic E-state index is 0.0489. The second-order valence-electron chi connectivity index (χ2n) is 4.42. The van der Waals surface area contributed by atoms with Gasteiger partial charge in [-0.05, 0) is 18.7 Å². The highest BCUT2D eigenvalue weighted by Gasteiger charge is 2.15. The van der Waals surface area contributed by atoms with E-state index in [9.17, 15) is 4.79 Å². The van der Waals surface area contributed by atoms with Crippen molar-refractivity contribution in [2.24, 2.45) is 0 Å². The van der Waals surface area contributed by atoms with Gasteiger partial charge in [-0.3, -0.25) is 4.79 Å². The maximum atomic E-state index is 11.7. The average Bonchev–Trinajstić information content (AvgIpc) is 2.29. The van der Waals surface area contributed by atoms with Crippen molar-refractivity contribution in [3.8, 4) is 0 Å². The Hall–Kier alpha value is -1.26. The molecular formula is C13H20ClN3O. The maximum absolute atomic E-state index is 11.7. The number of nitrogens with one attached hydrogen (secondary N) is 1. The molecule has 5 heteroatoms. The van der Waals surface area contributed by atoms with Crippen LogP contribution in [-0.2, 0) is 11.3 Å². The van der Waals surface area contributed by atoms with E-state index in [0.717, 1.165) is 17.8 Å². The van der Waals surface area contributed by atoms with E-state index in [1.54, 1.807) is 19.0 Å². The smallest absolute Gasteiger partial charge is 0.241 e. The van der Waals surface area contributed by atoms with Gasteiger partial charge in [0.05, 0.1) is 17.3 Å². The van der Waals surface area contributed by atoms with Gasteiger partial charge in [-0.15, -0.1) is 0 Å². The van der Waals surface area contributed by atoms with E-state index >= 15 is 0 Å². The summed E-state index contributed by atoms with van der Waals surface area (Å²) in [7, 11) is 7.26. The molecule has 100 valence electrons. The lowest BCUT2D eigenvalue weighted by Gasteiger charge is -2.24. The van der Waals surface area contributed by atoms with Crippen molar-refractivity contribution in [1.82, 2.24) is 10.2 Å². The topological polar surface area (TPSA) is 35.6 Å². The molecule has 1 amide bonds. The molecule has 0 atom stereocenters. The molecule has 18 heavy (non-hydrogen) atoms. The monoisotopic (exact) mass is 269 g/mol. The van der Waals surface area contributed by atoms with Gasteiger partial charge in [0.1, 0.15) is 0 Å². The summed E-state index contributed by atoms with van der Waals surface area (Å²) in [6.07, 6.45) is 0. The normalized spacial score (nSPS) is 10.3. The number of likely N-dealkylation sites (N-methyl/N-ethyl adjacent to an activating group) is 2. The van der Waals surface area contributed by atoms with Crippen LogP contribution < -0.4 is 10.2 Å². The zero-order valence-electron chi connectivity index (χ0n) is 11.3. The Bertz CT molecular complexity index is 421. The summed E-state index contributed by atoms with van der Waals surface area (Å²) in [4.78, 5) is 15.2. The first-order valence-corrected chi connectivity index (χ1v) is 6.18. The molecule has 0 heterocycles. The summed E-state index contributed by atoms with van der Waals surface area (Å²) < 4.78 is 0. The van der Waals surface area contributed by atoms with Crippen LogP contribution in [0.5, 0.6) is 0 Å². The molecule has 0 spiro atoms. The van der Waals surface area contributed by atoms with Crippen molar-refractivity contribution < 1.29 is 4.79 Å². The number of halogens is 1. The molecular weight excluding hydrogens is 250 g/mol. The molecule has 0 aromatic heterocycles. The Morgan fingerprint density at radius 1 is 1.33 bits per heavy atom. The predicted molar refractivity (Wildman–Crippen MR) is 76.2 cm³/mol. The molecule has 0 saturated heterocycles. The fraction of sp³-hybridized carbons (Fsp3) is 0.462. The highest BCUT2D eigenvalue weighted by atomic mass is 35.5. The van der Waals surface area contributed by atoms with Crippen LogP contribution in [0.2, 0.25) is 5.02 Å². The average molecular weight is 270 g/mol. The largest absolute Gasteiger partial charge is 0.364 e. The number of para-hydroxylation sites is 1. The highest BCUT2D eigenvalue weighted by molar-refractivity contribution is 6.33. The first kappa shape index (κ1) is 14.8. The SMILES string of the molecule is CNCc1cccc(Cl)c1N(C)CC(=O)N(C)C. The van der Waals surface area contributed by atoms with Crippen molar-refractivity contribution in [3.63, 3.8) is 0 Å². The van der Waals surface area contributed by atoms with Gasteiger partial charge in [0.2, 0.25) is 5.91 Å². The summed E-state index contributed by atoms with van der Waals surface area (Å²) in [6.45, 7) is 1.03. The minimum Gasteiger partial charge on any atom is -0.364 e. The van der Waals surface area contributed by atoms with Crippen LogP contribution in [0.1, 0.15) is 5.56 Å². The van der Waals surface area contributed by atoms with Crippen LogP contribution in [-0.4, -0.2) is 45.5 Å². The van der Waals surface area contributed by atoms with Gasteiger partial charge in [-0.2, -0.15) is 0 Å². The highest BCUT2D eigenvalue weighted by Crippen LogP contribution is 2.29. The Balaban J connectivity index is 2.96. The third kappa shape index (κ3) is 3.62. The fourth-order valence-electron chi connectivity index (χ4n) is 1.74. The van der Waals surface area contributed by atoms with E-state index in [4.69, 9.17) is 11.6 Å². The van der Waals surface area contributed by atoms with E-state index in [2.05, 4.69) is 5.32 Å². The molecule has 0 aliphatic carbocycles. The Morgan fingerprint density at radius 3 is 2.56 bits per heavy atom. The van der Waals surface area contributed by atoms with Crippen molar-refractivity contribution in [2.45, 2.75) is 6.54 Å². The second kappa shape index (κ2) is 6.61. The molecule has 0 saturated carbocycles. The molecule has 0 radical (unpaired) electrons. The molecule has 0 aliphatic rings. The fourth-order valence-corrected chi connectivity index (χ4v) is 2.08. The lowest BCUT2D eigenvalue weighted by molar-refractivity contribution is -0.127. The van der Waals surface area contributed by atoms with Crippen LogP contribution in [0.3, 0.4) is 0 Å². The number of carbonyl (C=O) groups is 1. The molecule has 1 aromatic rings. The number of benzene rings is 1. The third-order valence-electron chi connectivity index (χ3n) is 2.69. The molecule has 0 fully saturated rings. The van der Waals surface area contributed by atoms with E-state index in [0.29, 0.717) is 11.6 Å². The Labute approximate surface area is 114 Å². The summed E-state index contributed by atoms with van der Waals surface area (Å²) in [5.41, 5.74) is 1.99. The Kier molecular flexibility index (Phi) is 5.44. The predicted octanol–water partition coefficient (Wildman–Crippen LogP) is 1.58. The first-order valence-electron chi connectivity index (χ1n) is 5.80. The second-order valence-corrected chi connectivity index (χ2v) is 4.83. The van der Waals surface area contributed by atoms with Crippen molar-refractivity contribution in [2.75, 3.05) is 39.6 Å². The maximum Gasteiger partial charge on any atom is 0.241 e. The number of hydrogen-bond acceptors (Lipinski definition) is 3. The molecule has 1 N–H and O–H groups in total. The van der Waals surface area contributed by atoms with Crippen LogP contribution in [0.15, 0.2) is 18.2 Å². The standard InChI is InChI=1S/C13H20ClN3O/c1-15-8-10-6-5-7-11(14)13(10)17(4)9-12(18)16(2)3/h5-7,15H,8-9H2,1-4H3. The molecule has 1 aromatic carbocycles. The van der Waals surface area contributed by atoms with Crippen molar-refractivity contribution in [3.05, 3.63) is 28.8 Å². The van der Waals surface area contributed by atoms with Gasteiger partial charge in [0.25, 0.3) is 0 Å². The van der Waals surface area contributed by atoms with Gasteiger partial charge >= 0.3 is 0 Å². The number of carbonyl (C=O) groups excluding carboxylic acids is 1. The molecule has 0 unspecified atom stereocenters. The van der Waals surface area contributed by atoms with Crippen molar-refractivity contribution >= 4 is 23.2 Å². The van der Waals surface area contributed by atoms with Gasteiger partial charge in [0, 0.05) is 27.7 Å². The number of amides is 1. The van der Waals surface area contributed by atoms with Gasteiger partial charge in [-0.1, -0.05) is 23.7 Å². The van der Waals surface area contributed by atoms with Crippen LogP contribution in [0.25, 0.3) is 0 Å². The molecule has 4 nitrogen and oxygen atoms in total. The number of hydrogen-bond donors (Lipinski definition) is 1. The van der Waals surface area contributed by atoms with Gasteiger partial charge in [0.15, 0.2) is 0 Å². The summed E-state index contributed by atoms with van der Waals surface area (Å²) in [5.74, 6) is 0.0489. The molecule has 1 rings (SSSR count). The summed E-state index contributed by atoms with van der Waals surface area (Å²) in [5, 5.41) is 3.77. The molecule has 0 aliphatic heterocycles. The number of anilines is 1. The number of rotatable bonds is 5. The van der Waals surface area contributed by atoms with Crippen molar-refractivity contribution in [1.29, 1.82) is 0 Å². The van der Waals surface area contributed by atoms with E-state index in [-0.39, 0.29) is 5.91 Å². The van der Waals surface area contributed by atoms with Gasteiger partial charge < -0.3 is 15.1 Å². The molecule has 0 bridgehead atoms. The zero-order chi connectivity index (χ0) is 13.7. The van der Waals surface area contributed by atoms with Crippen LogP contribution in [0.4, 0.5) is 5.69 Å². The van der Waals surface area contributed by atoms with Gasteiger partial charge in [-0.25, -0.2) is 0 Å². The van der Waals surface area contributed by atoms with E-state index in [1.807, 2.05) is 37.2 Å². The van der Waals surface area contributed by atoms with E-state index < -0.39 is 0 Å². The first-order chi connectivity index (χ1) is 8.47.